The van der Waals surface area contributed by atoms with E-state index in [-0.39, 0.29) is 3.57 Å². The zero-order valence-corrected chi connectivity index (χ0v) is 11.4. The second-order valence-electron chi connectivity index (χ2n) is 4.00. The molecule has 0 aromatic carbocycles. The Morgan fingerprint density at radius 1 is 1.58 bits per heavy atom. The summed E-state index contributed by atoms with van der Waals surface area (Å²) in [7, 11) is 0. The quantitative estimate of drug-likeness (QED) is 0.428. The first kappa shape index (κ1) is 14.6. The molecule has 1 aliphatic rings. The summed E-state index contributed by atoms with van der Waals surface area (Å²) in [5, 5.41) is 28.4. The molecular weight excluding hydrogens is 378 g/mol. The van der Waals surface area contributed by atoms with Crippen LogP contribution in [0.4, 0.5) is 4.39 Å². The van der Waals surface area contributed by atoms with Gasteiger partial charge in [-0.1, -0.05) is 0 Å². The topological polar surface area (TPSA) is 125 Å². The molecule has 0 amide bonds. The number of aromatic amines is 1. The summed E-state index contributed by atoms with van der Waals surface area (Å²) in [6.45, 7) is -0.737. The van der Waals surface area contributed by atoms with Gasteiger partial charge in [0.25, 0.3) is 11.5 Å². The Hall–Kier alpha value is -0.820. The number of aromatic nitrogens is 2. The molecule has 1 saturated heterocycles. The minimum atomic E-state index is -2.78. The lowest BCUT2D eigenvalue weighted by Crippen LogP contribution is -2.50. The summed E-state index contributed by atoms with van der Waals surface area (Å²) in [4.78, 5) is 24.7. The van der Waals surface area contributed by atoms with Gasteiger partial charge in [0.2, 0.25) is 6.17 Å². The van der Waals surface area contributed by atoms with Gasteiger partial charge in [0.15, 0.2) is 0 Å². The normalized spacial score (nSPS) is 34.7. The first-order valence-electron chi connectivity index (χ1n) is 5.16. The zero-order valence-electron chi connectivity index (χ0n) is 9.29. The van der Waals surface area contributed by atoms with Crippen molar-refractivity contribution in [1.82, 2.24) is 9.55 Å². The molecule has 8 nitrogen and oxygen atoms in total. The molecule has 0 radical (unpaired) electrons. The van der Waals surface area contributed by atoms with Gasteiger partial charge in [-0.15, -0.1) is 0 Å². The smallest absolute Gasteiger partial charge is 0.332 e. The van der Waals surface area contributed by atoms with Gasteiger partial charge in [-0.05, 0) is 22.6 Å². The summed E-state index contributed by atoms with van der Waals surface area (Å²) in [6, 6.07) is 0. The molecule has 1 fully saturated rings. The van der Waals surface area contributed by atoms with Crippen molar-refractivity contribution < 1.29 is 24.4 Å². The maximum absolute atomic E-state index is 13.9. The standard InChI is InChI=1S/C9H10FIN2O6/c10-6-5(15)4(2-14)19-9(6,18)13-1-3(11)7(16)12-8(13)17/h1,4-6,14-15,18H,2H2,(H,12,16,17)/t4-,5-,6?,9-/m1/s1. The van der Waals surface area contributed by atoms with Gasteiger partial charge in [-0.2, -0.15) is 0 Å². The zero-order chi connectivity index (χ0) is 14.4. The summed E-state index contributed by atoms with van der Waals surface area (Å²) >= 11 is 1.58. The van der Waals surface area contributed by atoms with E-state index in [0.717, 1.165) is 6.20 Å². The molecule has 1 aromatic rings. The molecule has 0 spiro atoms. The van der Waals surface area contributed by atoms with Crippen molar-refractivity contribution in [3.63, 3.8) is 0 Å². The average Bonchev–Trinajstić information content (AvgIpc) is 2.59. The molecule has 2 heterocycles. The third-order valence-corrected chi connectivity index (χ3v) is 3.56. The monoisotopic (exact) mass is 388 g/mol. The van der Waals surface area contributed by atoms with Crippen molar-refractivity contribution in [3.05, 3.63) is 30.6 Å². The minimum absolute atomic E-state index is 0.0170. The van der Waals surface area contributed by atoms with Crippen LogP contribution in [0, 0.1) is 3.57 Å². The second kappa shape index (κ2) is 4.94. The number of hydrogen-bond donors (Lipinski definition) is 4. The third kappa shape index (κ3) is 2.23. The number of nitrogens with one attached hydrogen (secondary N) is 1. The molecule has 4 atom stereocenters. The van der Waals surface area contributed by atoms with Crippen molar-refractivity contribution in [2.24, 2.45) is 0 Å². The van der Waals surface area contributed by atoms with E-state index in [1.165, 1.54) is 0 Å². The lowest BCUT2D eigenvalue weighted by Gasteiger charge is -2.26. The summed E-state index contributed by atoms with van der Waals surface area (Å²) in [5.74, 6) is -2.78. The maximum Gasteiger partial charge on any atom is 0.332 e. The number of H-pyrrole nitrogens is 1. The fraction of sp³-hybridized carbons (Fsp3) is 0.556. The molecule has 0 aliphatic carbocycles. The number of aliphatic hydroxyl groups excluding tert-OH is 2. The number of rotatable bonds is 2. The number of halogens is 2. The first-order chi connectivity index (χ1) is 8.81. The Balaban J connectivity index is 2.55. The number of ether oxygens (including phenoxy) is 1. The second-order valence-corrected chi connectivity index (χ2v) is 5.16. The largest absolute Gasteiger partial charge is 0.394 e. The Morgan fingerprint density at radius 3 is 2.74 bits per heavy atom. The van der Waals surface area contributed by atoms with E-state index in [4.69, 9.17) is 9.84 Å². The SMILES string of the molecule is O=c1[nH]c(=O)n([C@]2(O)O[C@H](CO)[C@@H](O)C2F)cc1I. The Bertz CT molecular complexity index is 603. The van der Waals surface area contributed by atoms with E-state index in [1.54, 1.807) is 22.6 Å². The van der Waals surface area contributed by atoms with E-state index in [9.17, 15) is 24.2 Å². The fourth-order valence-electron chi connectivity index (χ4n) is 1.79. The summed E-state index contributed by atoms with van der Waals surface area (Å²) in [6.07, 6.45) is -4.63. The highest BCUT2D eigenvalue weighted by atomic mass is 127. The Kier molecular flexibility index (Phi) is 3.79. The van der Waals surface area contributed by atoms with Gasteiger partial charge in [0, 0.05) is 6.20 Å². The minimum Gasteiger partial charge on any atom is -0.394 e. The highest BCUT2D eigenvalue weighted by molar-refractivity contribution is 14.1. The molecule has 0 bridgehead atoms. The van der Waals surface area contributed by atoms with Crippen LogP contribution in [0.5, 0.6) is 0 Å². The van der Waals surface area contributed by atoms with Crippen molar-refractivity contribution in [1.29, 1.82) is 0 Å². The maximum atomic E-state index is 13.9. The van der Waals surface area contributed by atoms with E-state index in [2.05, 4.69) is 0 Å². The van der Waals surface area contributed by atoms with Crippen molar-refractivity contribution in [2.45, 2.75) is 24.3 Å². The van der Waals surface area contributed by atoms with Crippen LogP contribution in [0.25, 0.3) is 0 Å². The van der Waals surface area contributed by atoms with Crippen molar-refractivity contribution in [3.8, 4) is 0 Å². The van der Waals surface area contributed by atoms with E-state index >= 15 is 0 Å². The van der Waals surface area contributed by atoms with Gasteiger partial charge in [-0.25, -0.2) is 13.8 Å². The molecule has 19 heavy (non-hydrogen) atoms. The van der Waals surface area contributed by atoms with Crippen molar-refractivity contribution in [2.75, 3.05) is 6.61 Å². The Morgan fingerprint density at radius 2 is 2.21 bits per heavy atom. The average molecular weight is 388 g/mol. The van der Waals surface area contributed by atoms with E-state index < -0.39 is 42.1 Å². The molecule has 1 aliphatic heterocycles. The predicted molar refractivity (Wildman–Crippen MR) is 67.1 cm³/mol. The van der Waals surface area contributed by atoms with Crippen LogP contribution in [-0.4, -0.2) is 49.9 Å². The highest BCUT2D eigenvalue weighted by Gasteiger charge is 2.56. The van der Waals surface area contributed by atoms with Gasteiger partial charge in [0.05, 0.1) is 10.2 Å². The third-order valence-electron chi connectivity index (χ3n) is 2.79. The van der Waals surface area contributed by atoms with Gasteiger partial charge in [0.1, 0.15) is 12.2 Å². The molecule has 1 aromatic heterocycles. The molecule has 0 saturated carbocycles. The van der Waals surface area contributed by atoms with Crippen LogP contribution in [0.2, 0.25) is 0 Å². The molecule has 10 heteroatoms. The molecule has 1 unspecified atom stereocenters. The molecule has 106 valence electrons. The van der Waals surface area contributed by atoms with Gasteiger partial charge >= 0.3 is 5.69 Å². The van der Waals surface area contributed by atoms with Gasteiger partial charge < -0.3 is 20.1 Å². The summed E-state index contributed by atoms with van der Waals surface area (Å²) < 4.78 is 19.2. The number of nitrogens with zero attached hydrogens (tertiary/aromatic N) is 1. The summed E-state index contributed by atoms with van der Waals surface area (Å²) in [5.41, 5.74) is -1.79. The number of aliphatic hydroxyl groups is 3. The van der Waals surface area contributed by atoms with Crippen LogP contribution in [-0.2, 0) is 10.6 Å². The molecule has 2 rings (SSSR count). The highest BCUT2D eigenvalue weighted by Crippen LogP contribution is 2.34. The van der Waals surface area contributed by atoms with Crippen LogP contribution in [0.3, 0.4) is 0 Å². The van der Waals surface area contributed by atoms with Gasteiger partial charge in [-0.3, -0.25) is 9.78 Å². The molecule has 4 N–H and O–H groups in total. The number of alkyl halides is 1. The lowest BCUT2D eigenvalue weighted by atomic mass is 10.1. The van der Waals surface area contributed by atoms with Crippen LogP contribution in [0.15, 0.2) is 15.8 Å². The van der Waals surface area contributed by atoms with Crippen LogP contribution < -0.4 is 11.2 Å². The van der Waals surface area contributed by atoms with Crippen molar-refractivity contribution >= 4 is 22.6 Å². The van der Waals surface area contributed by atoms with E-state index in [1.807, 2.05) is 4.98 Å². The van der Waals surface area contributed by atoms with E-state index in [0.29, 0.717) is 4.57 Å². The fourth-order valence-corrected chi connectivity index (χ4v) is 2.20. The molecular formula is C9H10FIN2O6. The first-order valence-corrected chi connectivity index (χ1v) is 6.24. The van der Waals surface area contributed by atoms with Crippen LogP contribution >= 0.6 is 22.6 Å². The number of hydrogen-bond acceptors (Lipinski definition) is 6. The predicted octanol–water partition coefficient (Wildman–Crippen LogP) is -2.17. The van der Waals surface area contributed by atoms with Crippen LogP contribution in [0.1, 0.15) is 0 Å². The lowest BCUT2D eigenvalue weighted by molar-refractivity contribution is -0.279. The Labute approximate surface area is 118 Å².